The van der Waals surface area contributed by atoms with Crippen molar-refractivity contribution in [2.45, 2.75) is 25.5 Å². The van der Waals surface area contributed by atoms with E-state index in [-0.39, 0.29) is 11.7 Å². The lowest BCUT2D eigenvalue weighted by atomic mass is 10.1. The van der Waals surface area contributed by atoms with Crippen LogP contribution in [0.3, 0.4) is 0 Å². The molecule has 0 bridgehead atoms. The number of carbonyl (C=O) groups excluding carboxylic acids is 1. The van der Waals surface area contributed by atoms with Gasteiger partial charge in [0.2, 0.25) is 5.91 Å². The van der Waals surface area contributed by atoms with Gasteiger partial charge in [-0.25, -0.2) is 0 Å². The van der Waals surface area contributed by atoms with Crippen LogP contribution in [0.1, 0.15) is 12.5 Å². The molecule has 3 rings (SSSR count). The van der Waals surface area contributed by atoms with E-state index in [1.165, 1.54) is 11.8 Å². The Labute approximate surface area is 172 Å². The molecule has 0 spiro atoms. The van der Waals surface area contributed by atoms with Crippen molar-refractivity contribution in [2.75, 3.05) is 11.1 Å². The fourth-order valence-corrected chi connectivity index (χ4v) is 3.71. The van der Waals surface area contributed by atoms with Crippen molar-refractivity contribution in [3.05, 3.63) is 58.1 Å². The maximum absolute atomic E-state index is 12.2. The van der Waals surface area contributed by atoms with Crippen molar-refractivity contribution in [1.82, 2.24) is 14.8 Å². The number of aryl methyl sites for hydroxylation is 1. The summed E-state index contributed by atoms with van der Waals surface area (Å²) in [7, 11) is 0. The van der Waals surface area contributed by atoms with Crippen LogP contribution in [0.25, 0.3) is 11.4 Å². The molecule has 2 aromatic carbocycles. The highest BCUT2D eigenvalue weighted by atomic mass is 35.5. The maximum atomic E-state index is 12.2. The van der Waals surface area contributed by atoms with Crippen LogP contribution < -0.4 is 5.32 Å². The molecule has 27 heavy (non-hydrogen) atoms. The summed E-state index contributed by atoms with van der Waals surface area (Å²) in [6.07, 6.45) is 0. The van der Waals surface area contributed by atoms with Crippen LogP contribution in [0, 0.1) is 6.92 Å². The minimum absolute atomic E-state index is 0.151. The highest BCUT2D eigenvalue weighted by Gasteiger charge is 2.16. The number of hydrogen-bond acceptors (Lipinski definition) is 4. The lowest BCUT2D eigenvalue weighted by Gasteiger charge is -2.09. The number of hydrogen-bond donors (Lipinski definition) is 1. The van der Waals surface area contributed by atoms with Crippen molar-refractivity contribution in [3.63, 3.8) is 0 Å². The smallest absolute Gasteiger partial charge is 0.234 e. The summed E-state index contributed by atoms with van der Waals surface area (Å²) < 4.78 is 2.01. The van der Waals surface area contributed by atoms with Crippen LogP contribution >= 0.6 is 35.0 Å². The zero-order chi connectivity index (χ0) is 19.4. The predicted octanol–water partition coefficient (Wildman–Crippen LogP) is 5.31. The van der Waals surface area contributed by atoms with E-state index in [0.29, 0.717) is 27.4 Å². The quantitative estimate of drug-likeness (QED) is 0.548. The molecule has 0 aliphatic rings. The molecule has 3 aromatic rings. The topological polar surface area (TPSA) is 59.8 Å². The Balaban J connectivity index is 1.70. The van der Waals surface area contributed by atoms with Crippen molar-refractivity contribution in [2.24, 2.45) is 0 Å². The standard InChI is InChI=1S/C19H18Cl2N4OS/c1-3-25-18(14-7-5-4-6-12(14)2)23-24-19(25)27-11-17(26)22-13-8-9-15(20)16(21)10-13/h4-10H,3,11H2,1-2H3,(H,22,26). The summed E-state index contributed by atoms with van der Waals surface area (Å²) in [6, 6.07) is 13.0. The lowest BCUT2D eigenvalue weighted by Crippen LogP contribution is -2.14. The zero-order valence-electron chi connectivity index (χ0n) is 14.9. The van der Waals surface area contributed by atoms with Gasteiger partial charge in [0.25, 0.3) is 0 Å². The van der Waals surface area contributed by atoms with Crippen LogP contribution in [0.5, 0.6) is 0 Å². The number of nitrogens with zero attached hydrogens (tertiary/aromatic N) is 3. The average Bonchev–Trinajstić information content (AvgIpc) is 3.06. The van der Waals surface area contributed by atoms with Gasteiger partial charge in [-0.2, -0.15) is 0 Å². The molecule has 1 amide bonds. The second kappa shape index (κ2) is 8.78. The van der Waals surface area contributed by atoms with Gasteiger partial charge in [0.15, 0.2) is 11.0 Å². The van der Waals surface area contributed by atoms with E-state index >= 15 is 0 Å². The summed E-state index contributed by atoms with van der Waals surface area (Å²) in [4.78, 5) is 12.2. The molecule has 0 aliphatic heterocycles. The Morgan fingerprint density at radius 1 is 1.15 bits per heavy atom. The molecule has 0 atom stereocenters. The van der Waals surface area contributed by atoms with E-state index < -0.39 is 0 Å². The summed E-state index contributed by atoms with van der Waals surface area (Å²) in [6.45, 7) is 4.79. The van der Waals surface area contributed by atoms with Gasteiger partial charge in [0, 0.05) is 17.8 Å². The average molecular weight is 421 g/mol. The van der Waals surface area contributed by atoms with Crippen molar-refractivity contribution in [1.29, 1.82) is 0 Å². The van der Waals surface area contributed by atoms with Gasteiger partial charge < -0.3 is 9.88 Å². The molecule has 0 saturated carbocycles. The number of aromatic nitrogens is 3. The van der Waals surface area contributed by atoms with Crippen LogP contribution in [-0.4, -0.2) is 26.4 Å². The molecule has 1 aromatic heterocycles. The number of thioether (sulfide) groups is 1. The number of halogens is 2. The Morgan fingerprint density at radius 2 is 1.93 bits per heavy atom. The predicted molar refractivity (Wildman–Crippen MR) is 112 cm³/mol. The molecule has 8 heteroatoms. The van der Waals surface area contributed by atoms with Gasteiger partial charge in [-0.1, -0.05) is 59.2 Å². The zero-order valence-corrected chi connectivity index (χ0v) is 17.2. The highest BCUT2D eigenvalue weighted by Crippen LogP contribution is 2.27. The molecular weight excluding hydrogens is 403 g/mol. The fourth-order valence-electron chi connectivity index (χ4n) is 2.60. The number of carbonyl (C=O) groups is 1. The molecule has 1 heterocycles. The maximum Gasteiger partial charge on any atom is 0.234 e. The fraction of sp³-hybridized carbons (Fsp3) is 0.211. The van der Waals surface area contributed by atoms with Gasteiger partial charge >= 0.3 is 0 Å². The molecule has 1 N–H and O–H groups in total. The van der Waals surface area contributed by atoms with Crippen LogP contribution in [-0.2, 0) is 11.3 Å². The first-order valence-corrected chi connectivity index (χ1v) is 10.1. The molecule has 0 radical (unpaired) electrons. The van der Waals surface area contributed by atoms with Crippen LogP contribution in [0.15, 0.2) is 47.6 Å². The summed E-state index contributed by atoms with van der Waals surface area (Å²) in [5.74, 6) is 0.871. The molecule has 0 saturated heterocycles. The van der Waals surface area contributed by atoms with Gasteiger partial charge in [0.05, 0.1) is 15.8 Å². The van der Waals surface area contributed by atoms with E-state index in [9.17, 15) is 4.79 Å². The summed E-state index contributed by atoms with van der Waals surface area (Å²) in [5, 5.41) is 13.0. The van der Waals surface area contributed by atoms with E-state index in [4.69, 9.17) is 23.2 Å². The van der Waals surface area contributed by atoms with Crippen molar-refractivity contribution >= 4 is 46.6 Å². The molecule has 0 unspecified atom stereocenters. The van der Waals surface area contributed by atoms with E-state index in [0.717, 1.165) is 17.0 Å². The third kappa shape index (κ3) is 4.64. The second-order valence-corrected chi connectivity index (χ2v) is 7.59. The van der Waals surface area contributed by atoms with E-state index in [1.54, 1.807) is 18.2 Å². The van der Waals surface area contributed by atoms with Gasteiger partial charge in [-0.05, 0) is 37.6 Å². The lowest BCUT2D eigenvalue weighted by molar-refractivity contribution is -0.113. The first kappa shape index (κ1) is 19.7. The first-order chi connectivity index (χ1) is 13.0. The Bertz CT molecular complexity index is 974. The Morgan fingerprint density at radius 3 is 2.63 bits per heavy atom. The van der Waals surface area contributed by atoms with Crippen molar-refractivity contribution in [3.8, 4) is 11.4 Å². The van der Waals surface area contributed by atoms with Gasteiger partial charge in [0.1, 0.15) is 0 Å². The third-order valence-electron chi connectivity index (χ3n) is 3.95. The molecule has 140 valence electrons. The Hall–Kier alpha value is -2.02. The number of benzene rings is 2. The summed E-state index contributed by atoms with van der Waals surface area (Å²) in [5.41, 5.74) is 2.78. The number of nitrogens with one attached hydrogen (secondary N) is 1. The largest absolute Gasteiger partial charge is 0.325 e. The molecule has 0 fully saturated rings. The van der Waals surface area contributed by atoms with E-state index in [2.05, 4.69) is 15.5 Å². The minimum atomic E-state index is -0.151. The number of rotatable bonds is 6. The van der Waals surface area contributed by atoms with E-state index in [1.807, 2.05) is 42.7 Å². The highest BCUT2D eigenvalue weighted by molar-refractivity contribution is 7.99. The number of amides is 1. The number of anilines is 1. The second-order valence-electron chi connectivity index (χ2n) is 5.83. The molecular formula is C19H18Cl2N4OS. The van der Waals surface area contributed by atoms with Crippen molar-refractivity contribution < 1.29 is 4.79 Å². The summed E-state index contributed by atoms with van der Waals surface area (Å²) >= 11 is 13.2. The van der Waals surface area contributed by atoms with Gasteiger partial charge in [-0.15, -0.1) is 10.2 Å². The first-order valence-electron chi connectivity index (χ1n) is 8.36. The third-order valence-corrected chi connectivity index (χ3v) is 5.66. The van der Waals surface area contributed by atoms with Crippen LogP contribution in [0.2, 0.25) is 10.0 Å². The monoisotopic (exact) mass is 420 g/mol. The normalized spacial score (nSPS) is 10.8. The minimum Gasteiger partial charge on any atom is -0.325 e. The molecule has 0 aliphatic carbocycles. The Kier molecular flexibility index (Phi) is 6.42. The molecule has 5 nitrogen and oxygen atoms in total. The SMILES string of the molecule is CCn1c(SCC(=O)Nc2ccc(Cl)c(Cl)c2)nnc1-c1ccccc1C. The van der Waals surface area contributed by atoms with Gasteiger partial charge in [-0.3, -0.25) is 4.79 Å². The van der Waals surface area contributed by atoms with Crippen LogP contribution in [0.4, 0.5) is 5.69 Å².